The number of aromatic hydroxyl groups is 2. The highest BCUT2D eigenvalue weighted by Gasteiger charge is 2.10. The number of carbonyl (C=O) groups excluding carboxylic acids is 1. The summed E-state index contributed by atoms with van der Waals surface area (Å²) < 4.78 is 4.93. The highest BCUT2D eigenvalue weighted by Crippen LogP contribution is 2.27. The number of hydrogen-bond donors (Lipinski definition) is 3. The normalized spacial score (nSPS) is 10.7. The van der Waals surface area contributed by atoms with Crippen LogP contribution in [0.5, 0.6) is 17.2 Å². The zero-order chi connectivity index (χ0) is 16.8. The minimum absolute atomic E-state index is 0.0766. The smallest absolute Gasteiger partial charge is 0.266 e. The Morgan fingerprint density at radius 3 is 2.48 bits per heavy atom. The monoisotopic (exact) mass is 310 g/mol. The molecule has 0 aromatic heterocycles. The molecule has 0 saturated heterocycles. The fourth-order valence-corrected chi connectivity index (χ4v) is 1.86. The molecule has 116 valence electrons. The number of methoxy groups -OCH3 is 1. The topological polar surface area (TPSA) is 103 Å². The van der Waals surface area contributed by atoms with Crippen LogP contribution in [0.2, 0.25) is 0 Å². The van der Waals surface area contributed by atoms with Crippen molar-refractivity contribution >= 4 is 17.7 Å². The van der Waals surface area contributed by atoms with Gasteiger partial charge in [0.25, 0.3) is 5.91 Å². The molecule has 1 amide bonds. The second-order valence-corrected chi connectivity index (χ2v) is 4.60. The second kappa shape index (κ2) is 7.00. The number of nitrogens with one attached hydrogen (secondary N) is 1. The first-order chi connectivity index (χ1) is 11.0. The first-order valence-corrected chi connectivity index (χ1v) is 6.62. The molecule has 23 heavy (non-hydrogen) atoms. The molecule has 2 rings (SSSR count). The largest absolute Gasteiger partial charge is 0.508 e. The third kappa shape index (κ3) is 4.02. The standard InChI is InChI=1S/C17H14N2O4/c1-23-16-7-2-11(9-15(16)21)8-12(10-18)17(22)19-13-3-5-14(20)6-4-13/h2-9,20-21H,1H3,(H,19,22)/b12-8-. The van der Waals surface area contributed by atoms with Crippen LogP contribution in [0, 0.1) is 11.3 Å². The molecule has 0 radical (unpaired) electrons. The van der Waals surface area contributed by atoms with Crippen LogP contribution in [0.1, 0.15) is 5.56 Å². The summed E-state index contributed by atoms with van der Waals surface area (Å²) in [5, 5.41) is 30.6. The lowest BCUT2D eigenvalue weighted by Crippen LogP contribution is -2.13. The van der Waals surface area contributed by atoms with Gasteiger partial charge in [0.05, 0.1) is 7.11 Å². The number of nitrogens with zero attached hydrogens (tertiary/aromatic N) is 1. The third-order valence-electron chi connectivity index (χ3n) is 3.00. The van der Waals surface area contributed by atoms with Crippen molar-refractivity contribution in [1.29, 1.82) is 5.26 Å². The molecule has 0 fully saturated rings. The fraction of sp³-hybridized carbons (Fsp3) is 0.0588. The van der Waals surface area contributed by atoms with E-state index in [1.54, 1.807) is 6.07 Å². The molecule has 6 nitrogen and oxygen atoms in total. The summed E-state index contributed by atoms with van der Waals surface area (Å²) in [5.41, 5.74) is 0.815. The molecule has 0 saturated carbocycles. The molecule has 0 heterocycles. The molecule has 2 aromatic carbocycles. The van der Waals surface area contributed by atoms with Gasteiger partial charge in [-0.15, -0.1) is 0 Å². The fourth-order valence-electron chi connectivity index (χ4n) is 1.86. The van der Waals surface area contributed by atoms with Gasteiger partial charge in [-0.3, -0.25) is 4.79 Å². The number of ether oxygens (including phenoxy) is 1. The number of carbonyl (C=O) groups is 1. The molecule has 0 atom stereocenters. The molecule has 6 heteroatoms. The van der Waals surface area contributed by atoms with Crippen molar-refractivity contribution in [1.82, 2.24) is 0 Å². The lowest BCUT2D eigenvalue weighted by molar-refractivity contribution is -0.112. The van der Waals surface area contributed by atoms with Crippen LogP contribution >= 0.6 is 0 Å². The minimum atomic E-state index is -0.589. The van der Waals surface area contributed by atoms with Gasteiger partial charge in [-0.1, -0.05) is 6.07 Å². The zero-order valence-corrected chi connectivity index (χ0v) is 12.3. The first-order valence-electron chi connectivity index (χ1n) is 6.62. The zero-order valence-electron chi connectivity index (χ0n) is 12.3. The van der Waals surface area contributed by atoms with Crippen LogP contribution in [0.25, 0.3) is 6.08 Å². The van der Waals surface area contributed by atoms with E-state index in [-0.39, 0.29) is 17.1 Å². The Morgan fingerprint density at radius 1 is 1.22 bits per heavy atom. The van der Waals surface area contributed by atoms with Crippen LogP contribution < -0.4 is 10.1 Å². The van der Waals surface area contributed by atoms with Crippen LogP contribution in [0.3, 0.4) is 0 Å². The second-order valence-electron chi connectivity index (χ2n) is 4.60. The van der Waals surface area contributed by atoms with E-state index < -0.39 is 5.91 Å². The van der Waals surface area contributed by atoms with Gasteiger partial charge in [0.15, 0.2) is 11.5 Å². The number of anilines is 1. The van der Waals surface area contributed by atoms with E-state index in [1.165, 1.54) is 49.6 Å². The molecule has 0 bridgehead atoms. The van der Waals surface area contributed by atoms with Gasteiger partial charge in [-0.25, -0.2) is 0 Å². The molecule has 0 unspecified atom stereocenters. The Labute approximate surface area is 132 Å². The molecular weight excluding hydrogens is 296 g/mol. The summed E-state index contributed by atoms with van der Waals surface area (Å²) >= 11 is 0. The number of rotatable bonds is 4. The first kappa shape index (κ1) is 15.9. The van der Waals surface area contributed by atoms with Gasteiger partial charge >= 0.3 is 0 Å². The van der Waals surface area contributed by atoms with Gasteiger partial charge in [-0.05, 0) is 48.0 Å². The number of amides is 1. The van der Waals surface area contributed by atoms with E-state index >= 15 is 0 Å². The SMILES string of the molecule is COc1ccc(/C=C(/C#N)C(=O)Nc2ccc(O)cc2)cc1O. The number of hydrogen-bond acceptors (Lipinski definition) is 5. The molecule has 3 N–H and O–H groups in total. The molecular formula is C17H14N2O4. The van der Waals surface area contributed by atoms with Crippen molar-refractivity contribution in [2.45, 2.75) is 0 Å². The van der Waals surface area contributed by atoms with Gasteiger partial charge < -0.3 is 20.3 Å². The van der Waals surface area contributed by atoms with Crippen molar-refractivity contribution < 1.29 is 19.7 Å². The average molecular weight is 310 g/mol. The number of phenolic OH excluding ortho intramolecular Hbond substituents is 2. The van der Waals surface area contributed by atoms with E-state index in [0.29, 0.717) is 17.0 Å². The summed E-state index contributed by atoms with van der Waals surface area (Å²) in [6, 6.07) is 12.2. The maximum Gasteiger partial charge on any atom is 0.266 e. The highest BCUT2D eigenvalue weighted by atomic mass is 16.5. The number of nitriles is 1. The van der Waals surface area contributed by atoms with Crippen molar-refractivity contribution in [2.24, 2.45) is 0 Å². The maximum atomic E-state index is 12.1. The van der Waals surface area contributed by atoms with Gasteiger partial charge in [0, 0.05) is 5.69 Å². The maximum absolute atomic E-state index is 12.1. The Hall–Kier alpha value is -3.46. The van der Waals surface area contributed by atoms with Crippen LogP contribution in [-0.4, -0.2) is 23.2 Å². The van der Waals surface area contributed by atoms with E-state index in [0.717, 1.165) is 0 Å². The Bertz CT molecular complexity index is 789. The highest BCUT2D eigenvalue weighted by molar-refractivity contribution is 6.09. The third-order valence-corrected chi connectivity index (χ3v) is 3.00. The predicted molar refractivity (Wildman–Crippen MR) is 85.0 cm³/mol. The van der Waals surface area contributed by atoms with Crippen molar-refractivity contribution in [3.63, 3.8) is 0 Å². The van der Waals surface area contributed by atoms with Gasteiger partial charge in [-0.2, -0.15) is 5.26 Å². The minimum Gasteiger partial charge on any atom is -0.508 e. The van der Waals surface area contributed by atoms with Crippen LogP contribution in [0.4, 0.5) is 5.69 Å². The van der Waals surface area contributed by atoms with E-state index in [1.807, 2.05) is 6.07 Å². The summed E-state index contributed by atoms with van der Waals surface area (Å²) in [6.45, 7) is 0. The lowest BCUT2D eigenvalue weighted by atomic mass is 10.1. The molecule has 0 spiro atoms. The Balaban J connectivity index is 2.21. The van der Waals surface area contributed by atoms with Crippen LogP contribution in [0.15, 0.2) is 48.0 Å². The Morgan fingerprint density at radius 2 is 1.91 bits per heavy atom. The van der Waals surface area contributed by atoms with E-state index in [9.17, 15) is 15.0 Å². The van der Waals surface area contributed by atoms with Crippen molar-refractivity contribution in [3.05, 3.63) is 53.6 Å². The van der Waals surface area contributed by atoms with Gasteiger partial charge in [0.2, 0.25) is 0 Å². The predicted octanol–water partition coefficient (Wildman–Crippen LogP) is 2.65. The molecule has 2 aromatic rings. The number of benzene rings is 2. The molecule has 0 aliphatic rings. The van der Waals surface area contributed by atoms with E-state index in [2.05, 4.69) is 5.32 Å². The number of phenols is 2. The summed E-state index contributed by atoms with van der Waals surface area (Å²) in [4.78, 5) is 12.1. The van der Waals surface area contributed by atoms with Gasteiger partial charge in [0.1, 0.15) is 17.4 Å². The summed E-state index contributed by atoms with van der Waals surface area (Å²) in [7, 11) is 1.43. The molecule has 0 aliphatic carbocycles. The van der Waals surface area contributed by atoms with E-state index in [4.69, 9.17) is 10.00 Å². The quantitative estimate of drug-likeness (QED) is 0.457. The molecule has 0 aliphatic heterocycles. The Kier molecular flexibility index (Phi) is 4.85. The summed E-state index contributed by atoms with van der Waals surface area (Å²) in [6.07, 6.45) is 1.36. The average Bonchev–Trinajstić information content (AvgIpc) is 2.54. The van der Waals surface area contributed by atoms with Crippen LogP contribution in [-0.2, 0) is 4.79 Å². The summed E-state index contributed by atoms with van der Waals surface area (Å²) in [5.74, 6) is -0.298. The lowest BCUT2D eigenvalue weighted by Gasteiger charge is -2.06. The van der Waals surface area contributed by atoms with Crippen molar-refractivity contribution in [3.8, 4) is 23.3 Å². The van der Waals surface area contributed by atoms with Crippen molar-refractivity contribution in [2.75, 3.05) is 12.4 Å².